The van der Waals surface area contributed by atoms with Crippen molar-refractivity contribution in [1.82, 2.24) is 0 Å². The number of carbonyl (C=O) groups is 1. The molecule has 0 amide bonds. The van der Waals surface area contributed by atoms with E-state index in [0.717, 1.165) is 12.0 Å². The van der Waals surface area contributed by atoms with Gasteiger partial charge in [-0.3, -0.25) is 4.79 Å². The lowest BCUT2D eigenvalue weighted by Crippen LogP contribution is -2.22. The van der Waals surface area contributed by atoms with Crippen molar-refractivity contribution in [1.29, 1.82) is 0 Å². The Morgan fingerprint density at radius 3 is 2.21 bits per heavy atom. The molecule has 2 aromatic rings. The molecule has 0 bridgehead atoms. The monoisotopic (exact) mass is 342 g/mol. The minimum Gasteiger partial charge on any atom is -0.457 e. The maximum Gasteiger partial charge on any atom is 0.303 e. The van der Waals surface area contributed by atoms with Gasteiger partial charge in [0.25, 0.3) is 0 Å². The first-order chi connectivity index (χ1) is 11.6. The molecule has 2 aromatic carbocycles. The number of hydrogen-bond acceptors (Lipinski definition) is 3. The van der Waals surface area contributed by atoms with Gasteiger partial charge in [-0.2, -0.15) is 0 Å². The maximum atomic E-state index is 12.9. The number of allylic oxidation sites excluding steroid dienone is 1. The van der Waals surface area contributed by atoms with Gasteiger partial charge < -0.3 is 4.74 Å². The van der Waals surface area contributed by atoms with E-state index >= 15 is 0 Å². The summed E-state index contributed by atoms with van der Waals surface area (Å²) >= 11 is 0. The highest BCUT2D eigenvalue weighted by Crippen LogP contribution is 2.23. The molecule has 0 aliphatic carbocycles. The Morgan fingerprint density at radius 1 is 1.08 bits per heavy atom. The van der Waals surface area contributed by atoms with Gasteiger partial charge >= 0.3 is 5.97 Å². The summed E-state index contributed by atoms with van der Waals surface area (Å²) in [7, 11) is -1.34. The third-order valence-electron chi connectivity index (χ3n) is 3.62. The number of esters is 1. The van der Waals surface area contributed by atoms with Gasteiger partial charge in [0.1, 0.15) is 6.10 Å². The van der Waals surface area contributed by atoms with Gasteiger partial charge in [0.05, 0.1) is 15.7 Å². The fraction of sp³-hybridized carbons (Fsp3) is 0.250. The number of benzene rings is 2. The fourth-order valence-corrected chi connectivity index (χ4v) is 3.79. The highest BCUT2D eigenvalue weighted by atomic mass is 32.2. The summed E-state index contributed by atoms with van der Waals surface area (Å²) in [5.41, 5.74) is 1.16. The van der Waals surface area contributed by atoms with Crippen LogP contribution in [0.15, 0.2) is 76.5 Å². The minimum absolute atomic E-state index is 0.363. The molecule has 0 aliphatic heterocycles. The molecule has 2 unspecified atom stereocenters. The molecule has 0 aromatic heterocycles. The SMILES string of the molecule is C/C=C(\C(CCc1ccccc1)OC(C)=O)S(=O)c1ccccc1. The highest BCUT2D eigenvalue weighted by Gasteiger charge is 2.23. The van der Waals surface area contributed by atoms with Gasteiger partial charge in [-0.15, -0.1) is 0 Å². The Hall–Kier alpha value is -2.20. The lowest BCUT2D eigenvalue weighted by atomic mass is 10.1. The Kier molecular flexibility index (Phi) is 6.94. The molecule has 126 valence electrons. The summed E-state index contributed by atoms with van der Waals surface area (Å²) in [5.74, 6) is -0.363. The van der Waals surface area contributed by atoms with Crippen LogP contribution in [-0.4, -0.2) is 16.3 Å². The topological polar surface area (TPSA) is 43.4 Å². The van der Waals surface area contributed by atoms with E-state index in [4.69, 9.17) is 4.74 Å². The summed E-state index contributed by atoms with van der Waals surface area (Å²) in [6.07, 6.45) is 2.65. The third kappa shape index (κ3) is 5.17. The number of carbonyl (C=O) groups excluding carboxylic acids is 1. The second-order valence-corrected chi connectivity index (χ2v) is 6.88. The highest BCUT2D eigenvalue weighted by molar-refractivity contribution is 7.89. The van der Waals surface area contributed by atoms with Crippen molar-refractivity contribution in [3.63, 3.8) is 0 Å². The largest absolute Gasteiger partial charge is 0.457 e. The predicted octanol–water partition coefficient (Wildman–Crippen LogP) is 4.26. The average Bonchev–Trinajstić information content (AvgIpc) is 2.61. The van der Waals surface area contributed by atoms with Crippen molar-refractivity contribution in [2.45, 2.75) is 37.7 Å². The first kappa shape index (κ1) is 18.1. The number of hydrogen-bond donors (Lipinski definition) is 0. The lowest BCUT2D eigenvalue weighted by Gasteiger charge is -2.20. The van der Waals surface area contributed by atoms with Crippen LogP contribution in [-0.2, 0) is 26.8 Å². The molecule has 0 radical (unpaired) electrons. The molecule has 4 heteroatoms. The van der Waals surface area contributed by atoms with Gasteiger partial charge in [-0.1, -0.05) is 54.6 Å². The van der Waals surface area contributed by atoms with Crippen molar-refractivity contribution >= 4 is 16.8 Å². The van der Waals surface area contributed by atoms with Crippen LogP contribution in [0.5, 0.6) is 0 Å². The average molecular weight is 342 g/mol. The summed E-state index contributed by atoms with van der Waals surface area (Å²) in [6, 6.07) is 19.2. The quantitative estimate of drug-likeness (QED) is 0.706. The van der Waals surface area contributed by atoms with Crippen molar-refractivity contribution in [3.8, 4) is 0 Å². The molecule has 0 saturated carbocycles. The zero-order valence-corrected chi connectivity index (χ0v) is 14.8. The van der Waals surface area contributed by atoms with Crippen LogP contribution < -0.4 is 0 Å². The first-order valence-corrected chi connectivity index (χ1v) is 9.11. The standard InChI is InChI=1S/C20H22O3S/c1-3-20(24(22)18-12-8-5-9-13-18)19(23-16(2)21)15-14-17-10-6-4-7-11-17/h3-13,19H,14-15H2,1-2H3/b20-3+. The van der Waals surface area contributed by atoms with E-state index in [2.05, 4.69) is 0 Å². The first-order valence-electron chi connectivity index (χ1n) is 7.96. The van der Waals surface area contributed by atoms with Crippen LogP contribution in [0.4, 0.5) is 0 Å². The predicted molar refractivity (Wildman–Crippen MR) is 96.9 cm³/mol. The number of ether oxygens (including phenoxy) is 1. The summed E-state index contributed by atoms with van der Waals surface area (Å²) < 4.78 is 18.3. The van der Waals surface area contributed by atoms with Crippen LogP contribution in [0.3, 0.4) is 0 Å². The van der Waals surface area contributed by atoms with Crippen LogP contribution in [0.25, 0.3) is 0 Å². The molecule has 2 atom stereocenters. The van der Waals surface area contributed by atoms with Gasteiger partial charge in [-0.25, -0.2) is 4.21 Å². The number of rotatable bonds is 7. The third-order valence-corrected chi connectivity index (χ3v) is 5.25. The van der Waals surface area contributed by atoms with Crippen molar-refractivity contribution in [2.24, 2.45) is 0 Å². The van der Waals surface area contributed by atoms with E-state index in [1.54, 1.807) is 6.08 Å². The van der Waals surface area contributed by atoms with E-state index in [0.29, 0.717) is 16.2 Å². The van der Waals surface area contributed by atoms with Crippen LogP contribution >= 0.6 is 0 Å². The van der Waals surface area contributed by atoms with E-state index in [-0.39, 0.29) is 5.97 Å². The fourth-order valence-electron chi connectivity index (χ4n) is 2.49. The molecule has 0 spiro atoms. The molecule has 0 saturated heterocycles. The van der Waals surface area contributed by atoms with Gasteiger partial charge in [0.2, 0.25) is 0 Å². The molecule has 24 heavy (non-hydrogen) atoms. The van der Waals surface area contributed by atoms with Gasteiger partial charge in [0.15, 0.2) is 0 Å². The zero-order chi connectivity index (χ0) is 17.4. The van der Waals surface area contributed by atoms with E-state index in [9.17, 15) is 9.00 Å². The van der Waals surface area contributed by atoms with Crippen molar-refractivity contribution < 1.29 is 13.7 Å². The van der Waals surface area contributed by atoms with Crippen molar-refractivity contribution in [3.05, 3.63) is 77.2 Å². The van der Waals surface area contributed by atoms with Crippen LogP contribution in [0, 0.1) is 0 Å². The molecule has 0 fully saturated rings. The Morgan fingerprint density at radius 2 is 1.67 bits per heavy atom. The second-order valence-electron chi connectivity index (χ2n) is 5.40. The molecule has 2 rings (SSSR count). The molecule has 0 heterocycles. The Balaban J connectivity index is 2.18. The summed E-state index contributed by atoms with van der Waals surface area (Å²) in [4.78, 5) is 12.8. The Bertz CT molecular complexity index is 708. The van der Waals surface area contributed by atoms with Crippen LogP contribution in [0.2, 0.25) is 0 Å². The summed E-state index contributed by atoms with van der Waals surface area (Å²) in [6.45, 7) is 3.21. The molecule has 3 nitrogen and oxygen atoms in total. The lowest BCUT2D eigenvalue weighted by molar-refractivity contribution is -0.144. The second kappa shape index (κ2) is 9.18. The Labute approximate surface area is 145 Å². The molecule has 0 N–H and O–H groups in total. The maximum absolute atomic E-state index is 12.9. The normalized spacial score (nSPS) is 14.0. The van der Waals surface area contributed by atoms with Crippen LogP contribution in [0.1, 0.15) is 25.8 Å². The van der Waals surface area contributed by atoms with E-state index in [1.165, 1.54) is 6.92 Å². The minimum atomic E-state index is -1.34. The van der Waals surface area contributed by atoms with Crippen molar-refractivity contribution in [2.75, 3.05) is 0 Å². The van der Waals surface area contributed by atoms with Gasteiger partial charge in [-0.05, 0) is 37.5 Å². The molecular formula is C20H22O3S. The molecule has 0 aliphatic rings. The number of aryl methyl sites for hydroxylation is 1. The van der Waals surface area contributed by atoms with E-state index < -0.39 is 16.9 Å². The molecular weight excluding hydrogens is 320 g/mol. The smallest absolute Gasteiger partial charge is 0.303 e. The summed E-state index contributed by atoms with van der Waals surface area (Å²) in [5, 5.41) is 0. The zero-order valence-electron chi connectivity index (χ0n) is 14.0. The van der Waals surface area contributed by atoms with E-state index in [1.807, 2.05) is 67.6 Å². The van der Waals surface area contributed by atoms with Gasteiger partial charge in [0, 0.05) is 11.8 Å².